The van der Waals surface area contributed by atoms with Gasteiger partial charge in [0.15, 0.2) is 0 Å². The van der Waals surface area contributed by atoms with Gasteiger partial charge in [0.1, 0.15) is 0 Å². The summed E-state index contributed by atoms with van der Waals surface area (Å²) in [6.45, 7) is 3.99. The standard InChI is InChI=1S/C15H15IN2O/c1-9-7-13(17)14(8-10(9)2)18-15(19)11-5-3-4-6-12(11)16/h3-8H,17H2,1-2H3,(H,18,19). The third kappa shape index (κ3) is 3.07. The van der Waals surface area contributed by atoms with E-state index in [0.717, 1.165) is 14.7 Å². The van der Waals surface area contributed by atoms with Crippen LogP contribution < -0.4 is 11.1 Å². The summed E-state index contributed by atoms with van der Waals surface area (Å²) in [7, 11) is 0. The van der Waals surface area contributed by atoms with E-state index in [4.69, 9.17) is 5.73 Å². The molecular weight excluding hydrogens is 351 g/mol. The molecule has 0 radical (unpaired) electrons. The molecule has 0 aromatic heterocycles. The summed E-state index contributed by atoms with van der Waals surface area (Å²) in [6, 6.07) is 11.2. The zero-order chi connectivity index (χ0) is 14.0. The Hall–Kier alpha value is -1.56. The van der Waals surface area contributed by atoms with Gasteiger partial charge >= 0.3 is 0 Å². The minimum absolute atomic E-state index is 0.139. The first kappa shape index (κ1) is 13.9. The highest BCUT2D eigenvalue weighted by Crippen LogP contribution is 2.24. The Morgan fingerprint density at radius 1 is 1.16 bits per heavy atom. The Bertz CT molecular complexity index is 638. The van der Waals surface area contributed by atoms with E-state index >= 15 is 0 Å². The SMILES string of the molecule is Cc1cc(N)c(NC(=O)c2ccccc2I)cc1C. The fraction of sp³-hybridized carbons (Fsp3) is 0.133. The van der Waals surface area contributed by atoms with Crippen LogP contribution in [0.4, 0.5) is 11.4 Å². The first-order chi connectivity index (χ1) is 8.99. The Labute approximate surface area is 126 Å². The molecule has 0 heterocycles. The van der Waals surface area contributed by atoms with Crippen LogP contribution in [0.15, 0.2) is 36.4 Å². The molecule has 3 nitrogen and oxygen atoms in total. The molecule has 98 valence electrons. The summed E-state index contributed by atoms with van der Waals surface area (Å²) in [5.74, 6) is -0.139. The van der Waals surface area contributed by atoms with Gasteiger partial charge in [0.2, 0.25) is 0 Å². The van der Waals surface area contributed by atoms with Crippen molar-refractivity contribution in [1.29, 1.82) is 0 Å². The molecule has 0 unspecified atom stereocenters. The number of carbonyl (C=O) groups is 1. The van der Waals surface area contributed by atoms with E-state index in [1.807, 2.05) is 44.2 Å². The number of benzene rings is 2. The lowest BCUT2D eigenvalue weighted by Crippen LogP contribution is -2.14. The van der Waals surface area contributed by atoms with Crippen LogP contribution in [0.3, 0.4) is 0 Å². The van der Waals surface area contributed by atoms with Gasteiger partial charge in [-0.3, -0.25) is 4.79 Å². The molecule has 0 saturated carbocycles. The van der Waals surface area contributed by atoms with Crippen LogP contribution >= 0.6 is 22.6 Å². The second kappa shape index (κ2) is 5.61. The molecule has 0 aliphatic rings. The van der Waals surface area contributed by atoms with Crippen molar-refractivity contribution >= 4 is 39.9 Å². The second-order valence-electron chi connectivity index (χ2n) is 4.46. The van der Waals surface area contributed by atoms with Gasteiger partial charge in [-0.15, -0.1) is 0 Å². The Kier molecular flexibility index (Phi) is 4.09. The average Bonchev–Trinajstić information content (AvgIpc) is 2.36. The molecule has 0 bridgehead atoms. The Morgan fingerprint density at radius 2 is 1.79 bits per heavy atom. The van der Waals surface area contributed by atoms with Gasteiger partial charge in [0, 0.05) is 3.57 Å². The molecule has 2 aromatic carbocycles. The zero-order valence-corrected chi connectivity index (χ0v) is 13.0. The lowest BCUT2D eigenvalue weighted by Gasteiger charge is -2.11. The number of nitrogen functional groups attached to an aromatic ring is 1. The number of hydrogen-bond acceptors (Lipinski definition) is 2. The lowest BCUT2D eigenvalue weighted by atomic mass is 10.1. The largest absolute Gasteiger partial charge is 0.397 e. The number of carbonyl (C=O) groups excluding carboxylic acids is 1. The quantitative estimate of drug-likeness (QED) is 0.629. The van der Waals surface area contributed by atoms with Gasteiger partial charge in [-0.05, 0) is 71.8 Å². The van der Waals surface area contributed by atoms with Crippen molar-refractivity contribution in [3.8, 4) is 0 Å². The average molecular weight is 366 g/mol. The van der Waals surface area contributed by atoms with Crippen LogP contribution in [-0.2, 0) is 0 Å². The molecule has 0 aliphatic heterocycles. The highest BCUT2D eigenvalue weighted by atomic mass is 127. The van der Waals surface area contributed by atoms with E-state index in [0.29, 0.717) is 16.9 Å². The molecule has 0 fully saturated rings. The lowest BCUT2D eigenvalue weighted by molar-refractivity contribution is 0.102. The predicted octanol–water partition coefficient (Wildman–Crippen LogP) is 3.74. The van der Waals surface area contributed by atoms with E-state index in [9.17, 15) is 4.79 Å². The maximum Gasteiger partial charge on any atom is 0.256 e. The van der Waals surface area contributed by atoms with Crippen molar-refractivity contribution in [2.45, 2.75) is 13.8 Å². The Morgan fingerprint density at radius 3 is 2.47 bits per heavy atom. The van der Waals surface area contributed by atoms with Gasteiger partial charge in [-0.2, -0.15) is 0 Å². The molecule has 0 aliphatic carbocycles. The number of nitrogens with one attached hydrogen (secondary N) is 1. The summed E-state index contributed by atoms with van der Waals surface area (Å²) < 4.78 is 0.917. The topological polar surface area (TPSA) is 55.1 Å². The number of hydrogen-bond donors (Lipinski definition) is 2. The summed E-state index contributed by atoms with van der Waals surface area (Å²) in [4.78, 5) is 12.2. The van der Waals surface area contributed by atoms with E-state index in [1.54, 1.807) is 6.07 Å². The van der Waals surface area contributed by atoms with Gasteiger partial charge in [-0.25, -0.2) is 0 Å². The van der Waals surface area contributed by atoms with Crippen LogP contribution in [0.25, 0.3) is 0 Å². The second-order valence-corrected chi connectivity index (χ2v) is 5.62. The fourth-order valence-electron chi connectivity index (χ4n) is 1.78. The van der Waals surface area contributed by atoms with Crippen molar-refractivity contribution in [2.75, 3.05) is 11.1 Å². The number of halogens is 1. The fourth-order valence-corrected chi connectivity index (χ4v) is 2.41. The van der Waals surface area contributed by atoms with E-state index < -0.39 is 0 Å². The highest BCUT2D eigenvalue weighted by molar-refractivity contribution is 14.1. The van der Waals surface area contributed by atoms with Crippen molar-refractivity contribution in [3.05, 3.63) is 56.7 Å². The molecule has 4 heteroatoms. The molecule has 2 aromatic rings. The number of amides is 1. The predicted molar refractivity (Wildman–Crippen MR) is 87.4 cm³/mol. The minimum Gasteiger partial charge on any atom is -0.397 e. The van der Waals surface area contributed by atoms with Gasteiger partial charge in [-0.1, -0.05) is 12.1 Å². The summed E-state index contributed by atoms with van der Waals surface area (Å²) in [5, 5.41) is 2.87. The number of rotatable bonds is 2. The minimum atomic E-state index is -0.139. The molecule has 1 amide bonds. The molecule has 19 heavy (non-hydrogen) atoms. The van der Waals surface area contributed by atoms with Gasteiger partial charge in [0.05, 0.1) is 16.9 Å². The smallest absolute Gasteiger partial charge is 0.256 e. The van der Waals surface area contributed by atoms with Crippen LogP contribution in [0.5, 0.6) is 0 Å². The molecule has 0 spiro atoms. The van der Waals surface area contributed by atoms with Crippen molar-refractivity contribution in [3.63, 3.8) is 0 Å². The Balaban J connectivity index is 2.30. The summed E-state index contributed by atoms with van der Waals surface area (Å²) in [6.07, 6.45) is 0. The molecule has 3 N–H and O–H groups in total. The first-order valence-corrected chi connectivity index (χ1v) is 6.99. The first-order valence-electron chi connectivity index (χ1n) is 5.91. The zero-order valence-electron chi connectivity index (χ0n) is 10.8. The number of aryl methyl sites for hydroxylation is 2. The summed E-state index contributed by atoms with van der Waals surface area (Å²) >= 11 is 2.15. The maximum atomic E-state index is 12.2. The summed E-state index contributed by atoms with van der Waals surface area (Å²) in [5.41, 5.74) is 10.1. The molecular formula is C15H15IN2O. The molecule has 0 saturated heterocycles. The number of anilines is 2. The van der Waals surface area contributed by atoms with Crippen LogP contribution in [0.2, 0.25) is 0 Å². The van der Waals surface area contributed by atoms with E-state index in [-0.39, 0.29) is 5.91 Å². The van der Waals surface area contributed by atoms with E-state index in [2.05, 4.69) is 27.9 Å². The third-order valence-corrected chi connectivity index (χ3v) is 3.97. The van der Waals surface area contributed by atoms with Crippen molar-refractivity contribution in [2.24, 2.45) is 0 Å². The maximum absolute atomic E-state index is 12.2. The monoisotopic (exact) mass is 366 g/mol. The number of nitrogens with two attached hydrogens (primary N) is 1. The van der Waals surface area contributed by atoms with Crippen molar-refractivity contribution in [1.82, 2.24) is 0 Å². The van der Waals surface area contributed by atoms with E-state index in [1.165, 1.54) is 0 Å². The molecule has 2 rings (SSSR count). The van der Waals surface area contributed by atoms with Gasteiger partial charge in [0.25, 0.3) is 5.91 Å². The normalized spacial score (nSPS) is 10.3. The highest BCUT2D eigenvalue weighted by Gasteiger charge is 2.11. The van der Waals surface area contributed by atoms with Crippen LogP contribution in [0.1, 0.15) is 21.5 Å². The third-order valence-electron chi connectivity index (χ3n) is 3.03. The molecule has 0 atom stereocenters. The van der Waals surface area contributed by atoms with Gasteiger partial charge < -0.3 is 11.1 Å². The van der Waals surface area contributed by atoms with Crippen LogP contribution in [-0.4, -0.2) is 5.91 Å². The van der Waals surface area contributed by atoms with Crippen molar-refractivity contribution < 1.29 is 4.79 Å². The van der Waals surface area contributed by atoms with Crippen LogP contribution in [0, 0.1) is 17.4 Å².